The van der Waals surface area contributed by atoms with Gasteiger partial charge < -0.3 is 9.47 Å². The molecule has 0 amide bonds. The van der Waals surface area contributed by atoms with Crippen LogP contribution in [0.3, 0.4) is 0 Å². The first-order valence-corrected chi connectivity index (χ1v) is 4.31. The van der Waals surface area contributed by atoms with Crippen LogP contribution in [0.25, 0.3) is 0 Å². The molecule has 0 aliphatic rings. The molecule has 0 saturated carbocycles. The number of nitrogens with zero attached hydrogens (tertiary/aromatic N) is 2. The molecule has 0 bridgehead atoms. The monoisotopic (exact) mass is 238 g/mol. The summed E-state index contributed by atoms with van der Waals surface area (Å²) in [7, 11) is 1.17. The molecule has 0 atom stereocenters. The summed E-state index contributed by atoms with van der Waals surface area (Å²) < 4.78 is 46.2. The highest BCUT2D eigenvalue weighted by atomic mass is 19.3. The van der Waals surface area contributed by atoms with Gasteiger partial charge in [-0.25, -0.2) is 9.48 Å². The summed E-state index contributed by atoms with van der Waals surface area (Å²) in [5.41, 5.74) is -0.681. The van der Waals surface area contributed by atoms with Crippen molar-refractivity contribution in [3.63, 3.8) is 0 Å². The number of aromatic nitrogens is 2. The Labute approximate surface area is 88.7 Å². The number of carbonyl (C=O) groups is 1. The molecule has 0 fully saturated rings. The van der Waals surface area contributed by atoms with Gasteiger partial charge in [-0.1, -0.05) is 0 Å². The molecule has 16 heavy (non-hydrogen) atoms. The zero-order valence-corrected chi connectivity index (χ0v) is 8.54. The van der Waals surface area contributed by atoms with Gasteiger partial charge in [0.15, 0.2) is 0 Å². The zero-order chi connectivity index (χ0) is 12.3. The van der Waals surface area contributed by atoms with Crippen LogP contribution >= 0.6 is 0 Å². The zero-order valence-electron chi connectivity index (χ0n) is 8.54. The molecule has 0 N–H and O–H groups in total. The number of halogens is 3. The quantitative estimate of drug-likeness (QED) is 0.743. The minimum absolute atomic E-state index is 0.0277. The highest BCUT2D eigenvalue weighted by molar-refractivity contribution is 5.87. The number of hydrogen-bond acceptors (Lipinski definition) is 4. The second-order valence-electron chi connectivity index (χ2n) is 2.69. The van der Waals surface area contributed by atoms with Gasteiger partial charge in [0, 0.05) is 7.05 Å². The van der Waals surface area contributed by atoms with Crippen molar-refractivity contribution >= 4 is 5.97 Å². The Bertz CT molecular complexity index is 392. The van der Waals surface area contributed by atoms with Crippen LogP contribution in [0.4, 0.5) is 13.2 Å². The number of carbonyl (C=O) groups excluding carboxylic acids is 1. The highest BCUT2D eigenvalue weighted by Crippen LogP contribution is 2.21. The van der Waals surface area contributed by atoms with Gasteiger partial charge in [-0.05, 0) is 6.92 Å². The predicted molar refractivity (Wildman–Crippen MR) is 45.8 cm³/mol. The average Bonchev–Trinajstić information content (AvgIpc) is 2.45. The fourth-order valence-corrected chi connectivity index (χ4v) is 1.02. The molecule has 0 spiro atoms. The molecule has 0 saturated heterocycles. The van der Waals surface area contributed by atoms with Crippen molar-refractivity contribution in [3.05, 3.63) is 11.5 Å². The van der Waals surface area contributed by atoms with Crippen molar-refractivity contribution < 1.29 is 27.4 Å². The van der Waals surface area contributed by atoms with Crippen molar-refractivity contribution in [1.82, 2.24) is 9.78 Å². The van der Waals surface area contributed by atoms with Crippen LogP contribution in [0, 0.1) is 5.82 Å². The lowest BCUT2D eigenvalue weighted by Gasteiger charge is -2.02. The fourth-order valence-electron chi connectivity index (χ4n) is 1.02. The van der Waals surface area contributed by atoms with Crippen molar-refractivity contribution in [2.75, 3.05) is 6.61 Å². The largest absolute Gasteiger partial charge is 0.461 e. The van der Waals surface area contributed by atoms with Crippen LogP contribution in [0.5, 0.6) is 5.88 Å². The molecule has 0 unspecified atom stereocenters. The lowest BCUT2D eigenvalue weighted by atomic mass is 10.4. The first-order valence-electron chi connectivity index (χ1n) is 4.31. The molecule has 1 heterocycles. The minimum Gasteiger partial charge on any atom is -0.461 e. The van der Waals surface area contributed by atoms with Gasteiger partial charge in [-0.2, -0.15) is 18.3 Å². The molecule has 0 aliphatic carbocycles. The number of ether oxygens (including phenoxy) is 2. The van der Waals surface area contributed by atoms with Crippen molar-refractivity contribution in [1.29, 1.82) is 0 Å². The predicted octanol–water partition coefficient (Wildman–Crippen LogP) is 1.34. The lowest BCUT2D eigenvalue weighted by Crippen LogP contribution is -2.08. The van der Waals surface area contributed by atoms with E-state index in [0.29, 0.717) is 4.68 Å². The minimum atomic E-state index is -3.19. The lowest BCUT2D eigenvalue weighted by molar-refractivity contribution is -0.0577. The van der Waals surface area contributed by atoms with Gasteiger partial charge in [-0.3, -0.25) is 0 Å². The number of esters is 1. The molecular weight excluding hydrogens is 229 g/mol. The molecule has 0 radical (unpaired) electrons. The van der Waals surface area contributed by atoms with Gasteiger partial charge in [0.1, 0.15) is 0 Å². The Morgan fingerprint density at radius 3 is 2.69 bits per heavy atom. The number of hydrogen-bond donors (Lipinski definition) is 0. The van der Waals surface area contributed by atoms with E-state index < -0.39 is 30.0 Å². The third-order valence-electron chi connectivity index (χ3n) is 1.61. The van der Waals surface area contributed by atoms with E-state index in [9.17, 15) is 18.0 Å². The molecule has 0 aromatic carbocycles. The highest BCUT2D eigenvalue weighted by Gasteiger charge is 2.26. The van der Waals surface area contributed by atoms with Gasteiger partial charge in [-0.15, -0.1) is 0 Å². The summed E-state index contributed by atoms with van der Waals surface area (Å²) in [6.45, 7) is -1.64. The van der Waals surface area contributed by atoms with Gasteiger partial charge in [0.05, 0.1) is 6.61 Å². The van der Waals surface area contributed by atoms with E-state index in [1.54, 1.807) is 0 Å². The topological polar surface area (TPSA) is 53.3 Å². The van der Waals surface area contributed by atoms with E-state index in [1.165, 1.54) is 14.0 Å². The Hall–Kier alpha value is -1.73. The Kier molecular flexibility index (Phi) is 3.75. The molecular formula is C8H9F3N2O3. The van der Waals surface area contributed by atoms with Crippen molar-refractivity contribution in [2.45, 2.75) is 13.5 Å². The summed E-state index contributed by atoms with van der Waals surface area (Å²) in [6, 6.07) is 0. The number of alkyl halides is 2. The summed E-state index contributed by atoms with van der Waals surface area (Å²) >= 11 is 0. The maximum atomic E-state index is 13.4. The fraction of sp³-hybridized carbons (Fsp3) is 0.500. The molecule has 0 aliphatic heterocycles. The molecule has 8 heteroatoms. The van der Waals surface area contributed by atoms with E-state index in [4.69, 9.17) is 0 Å². The van der Waals surface area contributed by atoms with Crippen LogP contribution in [0.1, 0.15) is 17.4 Å². The normalized spacial score (nSPS) is 10.6. The van der Waals surface area contributed by atoms with E-state index in [1.807, 2.05) is 0 Å². The van der Waals surface area contributed by atoms with E-state index >= 15 is 0 Å². The molecule has 1 aromatic heterocycles. The van der Waals surface area contributed by atoms with Crippen molar-refractivity contribution in [2.24, 2.45) is 7.05 Å². The first-order chi connectivity index (χ1) is 7.47. The van der Waals surface area contributed by atoms with Gasteiger partial charge in [0.25, 0.3) is 5.88 Å². The van der Waals surface area contributed by atoms with Crippen molar-refractivity contribution in [3.8, 4) is 5.88 Å². The second-order valence-corrected chi connectivity index (χ2v) is 2.69. The average molecular weight is 238 g/mol. The molecule has 1 aromatic rings. The van der Waals surface area contributed by atoms with Gasteiger partial charge >= 0.3 is 12.6 Å². The van der Waals surface area contributed by atoms with Crippen LogP contribution in [0.15, 0.2) is 0 Å². The standard InChI is InChI=1S/C8H9F3N2O3/c1-3-15-7(14)5-4(9)6(13(2)12-5)16-8(10)11/h8H,3H2,1-2H3. The maximum Gasteiger partial charge on any atom is 0.388 e. The Balaban J connectivity index is 3.01. The van der Waals surface area contributed by atoms with Crippen LogP contribution in [-0.2, 0) is 11.8 Å². The Morgan fingerprint density at radius 2 is 2.19 bits per heavy atom. The van der Waals surface area contributed by atoms with E-state index in [2.05, 4.69) is 14.6 Å². The van der Waals surface area contributed by atoms with E-state index in [0.717, 1.165) is 0 Å². The summed E-state index contributed by atoms with van der Waals surface area (Å²) in [4.78, 5) is 11.1. The Morgan fingerprint density at radius 1 is 1.56 bits per heavy atom. The SMILES string of the molecule is CCOC(=O)c1nn(C)c(OC(F)F)c1F. The molecule has 1 rings (SSSR count). The molecule has 90 valence electrons. The second kappa shape index (κ2) is 4.86. The summed E-state index contributed by atoms with van der Waals surface area (Å²) in [5, 5.41) is 3.39. The van der Waals surface area contributed by atoms with Gasteiger partial charge in [0.2, 0.25) is 11.5 Å². The van der Waals surface area contributed by atoms with E-state index in [-0.39, 0.29) is 6.61 Å². The number of aryl methyl sites for hydroxylation is 1. The maximum absolute atomic E-state index is 13.4. The molecule has 5 nitrogen and oxygen atoms in total. The van der Waals surface area contributed by atoms with Crippen LogP contribution < -0.4 is 4.74 Å². The van der Waals surface area contributed by atoms with Crippen LogP contribution in [-0.4, -0.2) is 29.0 Å². The summed E-state index contributed by atoms with van der Waals surface area (Å²) in [5.74, 6) is -3.10. The van der Waals surface area contributed by atoms with Crippen LogP contribution in [0.2, 0.25) is 0 Å². The first kappa shape index (κ1) is 12.3. The third kappa shape index (κ3) is 2.44. The summed E-state index contributed by atoms with van der Waals surface area (Å²) in [6.07, 6.45) is 0. The smallest absolute Gasteiger partial charge is 0.388 e. The third-order valence-corrected chi connectivity index (χ3v) is 1.61. The number of rotatable bonds is 4.